The molecule has 0 bridgehead atoms. The van der Waals surface area contributed by atoms with Crippen LogP contribution in [0.3, 0.4) is 0 Å². The van der Waals surface area contributed by atoms with Gasteiger partial charge in [0.15, 0.2) is 0 Å². The molecule has 1 saturated heterocycles. The zero-order chi connectivity index (χ0) is 16.9. The van der Waals surface area contributed by atoms with E-state index in [0.29, 0.717) is 26.2 Å². The summed E-state index contributed by atoms with van der Waals surface area (Å²) in [4.78, 5) is 30.3. The van der Waals surface area contributed by atoms with Crippen molar-refractivity contribution in [1.29, 1.82) is 0 Å². The minimum atomic E-state index is 0.0625. The van der Waals surface area contributed by atoms with Crippen LogP contribution in [0.5, 0.6) is 0 Å². The van der Waals surface area contributed by atoms with Crippen molar-refractivity contribution in [3.05, 3.63) is 52.2 Å². The second-order valence-electron chi connectivity index (χ2n) is 5.66. The molecule has 0 saturated carbocycles. The highest BCUT2D eigenvalue weighted by atomic mass is 32.2. The van der Waals surface area contributed by atoms with Gasteiger partial charge < -0.3 is 9.80 Å². The molecule has 0 radical (unpaired) electrons. The Morgan fingerprint density at radius 2 is 1.75 bits per heavy atom. The number of thiophene rings is 1. The quantitative estimate of drug-likeness (QED) is 0.785. The summed E-state index contributed by atoms with van der Waals surface area (Å²) in [5, 5.41) is 2.07. The van der Waals surface area contributed by atoms with Crippen molar-refractivity contribution in [2.24, 2.45) is 0 Å². The molecule has 0 unspecified atom stereocenters. The van der Waals surface area contributed by atoms with E-state index < -0.39 is 0 Å². The van der Waals surface area contributed by atoms with Crippen LogP contribution in [0.4, 0.5) is 0 Å². The van der Waals surface area contributed by atoms with Gasteiger partial charge in [-0.1, -0.05) is 18.2 Å². The lowest BCUT2D eigenvalue weighted by atomic mass is 10.2. The van der Waals surface area contributed by atoms with Crippen LogP contribution in [0, 0.1) is 0 Å². The Morgan fingerprint density at radius 1 is 1.04 bits per heavy atom. The summed E-state index contributed by atoms with van der Waals surface area (Å²) in [5.74, 6) is 1.02. The van der Waals surface area contributed by atoms with E-state index in [2.05, 4.69) is 11.4 Å². The molecular formula is C18H20N2O2S2. The lowest BCUT2D eigenvalue weighted by molar-refractivity contribution is -0.130. The fraction of sp³-hybridized carbons (Fsp3) is 0.333. The maximum Gasteiger partial charge on any atom is 0.255 e. The SMILES string of the molecule is CC(=O)N1CCN(C(=O)c2ccccc2SCc2cccs2)CC1. The van der Waals surface area contributed by atoms with Gasteiger partial charge in [-0.05, 0) is 23.6 Å². The van der Waals surface area contributed by atoms with E-state index in [-0.39, 0.29) is 11.8 Å². The number of rotatable bonds is 4. The van der Waals surface area contributed by atoms with Crippen molar-refractivity contribution < 1.29 is 9.59 Å². The molecule has 4 nitrogen and oxygen atoms in total. The minimum Gasteiger partial charge on any atom is -0.339 e. The third-order valence-electron chi connectivity index (χ3n) is 4.08. The van der Waals surface area contributed by atoms with Crippen LogP contribution in [0.15, 0.2) is 46.7 Å². The number of hydrogen-bond acceptors (Lipinski definition) is 4. The molecule has 2 aromatic rings. The molecule has 1 aromatic heterocycles. The largest absolute Gasteiger partial charge is 0.339 e. The van der Waals surface area contributed by atoms with Crippen molar-refractivity contribution in [3.63, 3.8) is 0 Å². The molecule has 0 aliphatic carbocycles. The fourth-order valence-corrected chi connectivity index (χ4v) is 4.53. The number of hydrogen-bond donors (Lipinski definition) is 0. The standard InChI is InChI=1S/C18H20N2O2S2/c1-14(21)19-8-10-20(11-9-19)18(22)16-6-2-3-7-17(16)24-13-15-5-4-12-23-15/h2-7,12H,8-11,13H2,1H3. The van der Waals surface area contributed by atoms with Crippen LogP contribution in [-0.4, -0.2) is 47.8 Å². The van der Waals surface area contributed by atoms with Gasteiger partial charge in [-0.15, -0.1) is 23.1 Å². The van der Waals surface area contributed by atoms with Crippen LogP contribution in [-0.2, 0) is 10.5 Å². The van der Waals surface area contributed by atoms with E-state index in [1.165, 1.54) is 4.88 Å². The van der Waals surface area contributed by atoms with Crippen molar-refractivity contribution in [1.82, 2.24) is 9.80 Å². The molecule has 2 amide bonds. The number of benzene rings is 1. The number of carbonyl (C=O) groups is 2. The number of amides is 2. The van der Waals surface area contributed by atoms with Crippen molar-refractivity contribution in [3.8, 4) is 0 Å². The summed E-state index contributed by atoms with van der Waals surface area (Å²) in [7, 11) is 0. The van der Waals surface area contributed by atoms with Gasteiger partial charge >= 0.3 is 0 Å². The molecule has 1 fully saturated rings. The lowest BCUT2D eigenvalue weighted by Crippen LogP contribution is -2.50. The molecule has 0 atom stereocenters. The zero-order valence-corrected chi connectivity index (χ0v) is 15.2. The summed E-state index contributed by atoms with van der Waals surface area (Å²) in [6.45, 7) is 4.01. The first kappa shape index (κ1) is 17.0. The van der Waals surface area contributed by atoms with E-state index >= 15 is 0 Å². The average molecular weight is 361 g/mol. The number of piperazine rings is 1. The van der Waals surface area contributed by atoms with Crippen LogP contribution in [0.2, 0.25) is 0 Å². The predicted molar refractivity (Wildman–Crippen MR) is 98.5 cm³/mol. The van der Waals surface area contributed by atoms with Crippen LogP contribution in [0.25, 0.3) is 0 Å². The van der Waals surface area contributed by atoms with Gasteiger partial charge in [-0.2, -0.15) is 0 Å². The Kier molecular flexibility index (Phi) is 5.58. The number of nitrogens with zero attached hydrogens (tertiary/aromatic N) is 2. The van der Waals surface area contributed by atoms with E-state index in [1.54, 1.807) is 34.9 Å². The van der Waals surface area contributed by atoms with Gasteiger partial charge in [0.05, 0.1) is 5.56 Å². The Labute approximate surface area is 150 Å². The summed E-state index contributed by atoms with van der Waals surface area (Å²) in [6.07, 6.45) is 0. The molecule has 1 aliphatic heterocycles. The summed E-state index contributed by atoms with van der Waals surface area (Å²) < 4.78 is 0. The van der Waals surface area contributed by atoms with Gasteiger partial charge in [0.25, 0.3) is 5.91 Å². The molecule has 24 heavy (non-hydrogen) atoms. The first-order chi connectivity index (χ1) is 11.6. The summed E-state index contributed by atoms with van der Waals surface area (Å²) in [5.41, 5.74) is 0.760. The van der Waals surface area contributed by atoms with Crippen LogP contribution >= 0.6 is 23.1 Å². The fourth-order valence-electron chi connectivity index (χ4n) is 2.71. The van der Waals surface area contributed by atoms with E-state index in [0.717, 1.165) is 16.2 Å². The molecule has 0 spiro atoms. The minimum absolute atomic E-state index is 0.0625. The highest BCUT2D eigenvalue weighted by Gasteiger charge is 2.24. The maximum atomic E-state index is 12.9. The third kappa shape index (κ3) is 3.99. The van der Waals surface area contributed by atoms with Crippen molar-refractivity contribution in [2.45, 2.75) is 17.6 Å². The van der Waals surface area contributed by atoms with Crippen molar-refractivity contribution in [2.75, 3.05) is 26.2 Å². The topological polar surface area (TPSA) is 40.6 Å². The van der Waals surface area contributed by atoms with Crippen molar-refractivity contribution >= 4 is 34.9 Å². The smallest absolute Gasteiger partial charge is 0.255 e. The third-order valence-corrected chi connectivity index (χ3v) is 6.26. The second kappa shape index (κ2) is 7.85. The van der Waals surface area contributed by atoms with Crippen LogP contribution in [0.1, 0.15) is 22.2 Å². The normalized spacial score (nSPS) is 14.7. The maximum absolute atomic E-state index is 12.9. The van der Waals surface area contributed by atoms with E-state index in [1.807, 2.05) is 35.2 Å². The molecule has 3 rings (SSSR count). The van der Waals surface area contributed by atoms with Gasteiger partial charge in [-0.3, -0.25) is 9.59 Å². The average Bonchev–Trinajstić information content (AvgIpc) is 3.13. The monoisotopic (exact) mass is 360 g/mol. The Bertz CT molecular complexity index is 708. The molecule has 0 N–H and O–H groups in total. The summed E-state index contributed by atoms with van der Waals surface area (Å²) in [6, 6.07) is 12.0. The zero-order valence-electron chi connectivity index (χ0n) is 13.6. The Balaban J connectivity index is 1.67. The molecule has 2 heterocycles. The molecular weight excluding hydrogens is 340 g/mol. The van der Waals surface area contributed by atoms with Gasteiger partial charge in [0.2, 0.25) is 5.91 Å². The molecule has 6 heteroatoms. The molecule has 1 aromatic carbocycles. The first-order valence-corrected chi connectivity index (χ1v) is 9.80. The van der Waals surface area contributed by atoms with Gasteiger partial charge in [-0.25, -0.2) is 0 Å². The van der Waals surface area contributed by atoms with Crippen LogP contribution < -0.4 is 0 Å². The Morgan fingerprint density at radius 3 is 2.42 bits per heavy atom. The summed E-state index contributed by atoms with van der Waals surface area (Å²) >= 11 is 3.43. The van der Waals surface area contributed by atoms with E-state index in [4.69, 9.17) is 0 Å². The second-order valence-corrected chi connectivity index (χ2v) is 7.71. The van der Waals surface area contributed by atoms with Gasteiger partial charge in [0, 0.05) is 48.6 Å². The molecule has 1 aliphatic rings. The number of thioether (sulfide) groups is 1. The highest BCUT2D eigenvalue weighted by Crippen LogP contribution is 2.28. The molecule has 126 valence electrons. The van der Waals surface area contributed by atoms with E-state index in [9.17, 15) is 9.59 Å². The number of carbonyl (C=O) groups excluding carboxylic acids is 2. The predicted octanol–water partition coefficient (Wildman–Crippen LogP) is 3.34. The van der Waals surface area contributed by atoms with Gasteiger partial charge in [0.1, 0.15) is 0 Å². The Hall–Kier alpha value is -1.79. The first-order valence-electron chi connectivity index (χ1n) is 7.94. The lowest BCUT2D eigenvalue weighted by Gasteiger charge is -2.34. The highest BCUT2D eigenvalue weighted by molar-refractivity contribution is 7.98.